The summed E-state index contributed by atoms with van der Waals surface area (Å²) >= 11 is 0. The molecule has 0 aromatic heterocycles. The van der Waals surface area contributed by atoms with E-state index in [4.69, 9.17) is 4.74 Å². The molecule has 1 N–H and O–H groups in total. The van der Waals surface area contributed by atoms with Crippen molar-refractivity contribution >= 4 is 0 Å². The molecule has 1 rings (SSSR count). The van der Waals surface area contributed by atoms with E-state index >= 15 is 0 Å². The van der Waals surface area contributed by atoms with Crippen molar-refractivity contribution in [3.8, 4) is 0 Å². The summed E-state index contributed by atoms with van der Waals surface area (Å²) in [6.45, 7) is 7.64. The second kappa shape index (κ2) is 7.44. The molecule has 0 aliphatic rings. The Labute approximate surface area is 107 Å². The van der Waals surface area contributed by atoms with Crippen LogP contribution in [-0.2, 0) is 4.74 Å². The van der Waals surface area contributed by atoms with Gasteiger partial charge >= 0.3 is 0 Å². The Morgan fingerprint density at radius 1 is 1.22 bits per heavy atom. The van der Waals surface area contributed by atoms with Gasteiger partial charge in [0.05, 0.1) is 12.6 Å². The summed E-state index contributed by atoms with van der Waals surface area (Å²) in [4.78, 5) is 0. The Bertz CT molecular complexity index is 369. The third-order valence-corrected chi connectivity index (χ3v) is 2.54. The Kier molecular flexibility index (Phi) is 6.22. The number of hydrogen-bond donors (Lipinski definition) is 1. The number of ether oxygens (including phenoxy) is 1. The van der Waals surface area contributed by atoms with Gasteiger partial charge in [-0.3, -0.25) is 0 Å². The summed E-state index contributed by atoms with van der Waals surface area (Å²) in [6, 6.07) is 3.91. The molecular weight excluding hydrogens is 236 g/mol. The van der Waals surface area contributed by atoms with Gasteiger partial charge in [-0.05, 0) is 18.5 Å². The molecule has 1 aromatic rings. The summed E-state index contributed by atoms with van der Waals surface area (Å²) in [5, 5.41) is 3.11. The molecule has 18 heavy (non-hydrogen) atoms. The first kappa shape index (κ1) is 15.1. The lowest BCUT2D eigenvalue weighted by Crippen LogP contribution is -2.27. The predicted octanol–water partition coefficient (Wildman–Crippen LogP) is 3.29. The van der Waals surface area contributed by atoms with E-state index in [0.29, 0.717) is 31.2 Å². The Morgan fingerprint density at radius 3 is 2.56 bits per heavy atom. The molecule has 0 heterocycles. The van der Waals surface area contributed by atoms with Crippen molar-refractivity contribution in [2.75, 3.05) is 19.8 Å². The van der Waals surface area contributed by atoms with Gasteiger partial charge < -0.3 is 10.1 Å². The minimum absolute atomic E-state index is 0.315. The van der Waals surface area contributed by atoms with Crippen molar-refractivity contribution in [3.63, 3.8) is 0 Å². The molecule has 2 nitrogen and oxygen atoms in total. The fourth-order valence-electron chi connectivity index (χ4n) is 1.72. The lowest BCUT2D eigenvalue weighted by molar-refractivity contribution is 0.0895. The van der Waals surface area contributed by atoms with E-state index in [0.717, 1.165) is 6.07 Å². The van der Waals surface area contributed by atoms with Crippen LogP contribution in [0.15, 0.2) is 18.2 Å². The lowest BCUT2D eigenvalue weighted by Gasteiger charge is -2.20. The van der Waals surface area contributed by atoms with Crippen LogP contribution >= 0.6 is 0 Å². The van der Waals surface area contributed by atoms with Gasteiger partial charge in [0.25, 0.3) is 0 Å². The zero-order valence-corrected chi connectivity index (χ0v) is 11.2. The quantitative estimate of drug-likeness (QED) is 0.809. The maximum Gasteiger partial charge on any atom is 0.163 e. The number of benzene rings is 1. The third-order valence-electron chi connectivity index (χ3n) is 2.54. The average molecular weight is 257 g/mol. The standard InChI is InChI=1S/C14H21F2NO/c1-4-17-13(9-18-8-10(2)3)11-6-5-7-12(15)14(11)16/h5-7,10,13,17H,4,8-9H2,1-3H3. The monoisotopic (exact) mass is 257 g/mol. The normalized spacial score (nSPS) is 13.0. The average Bonchev–Trinajstić information content (AvgIpc) is 2.31. The van der Waals surface area contributed by atoms with E-state index < -0.39 is 11.6 Å². The van der Waals surface area contributed by atoms with Crippen molar-refractivity contribution in [3.05, 3.63) is 35.4 Å². The Hall–Kier alpha value is -1.00. The summed E-state index contributed by atoms with van der Waals surface area (Å²) in [7, 11) is 0. The molecule has 1 unspecified atom stereocenters. The zero-order chi connectivity index (χ0) is 13.5. The Morgan fingerprint density at radius 2 is 1.94 bits per heavy atom. The van der Waals surface area contributed by atoms with Crippen LogP contribution in [0.25, 0.3) is 0 Å². The molecule has 1 aromatic carbocycles. The molecule has 0 aliphatic carbocycles. The molecule has 0 fully saturated rings. The highest BCUT2D eigenvalue weighted by molar-refractivity contribution is 5.22. The van der Waals surface area contributed by atoms with Gasteiger partial charge in [0.15, 0.2) is 11.6 Å². The zero-order valence-electron chi connectivity index (χ0n) is 11.2. The fourth-order valence-corrected chi connectivity index (χ4v) is 1.72. The highest BCUT2D eigenvalue weighted by atomic mass is 19.2. The molecule has 0 saturated heterocycles. The van der Waals surface area contributed by atoms with E-state index in [1.165, 1.54) is 6.07 Å². The first-order chi connectivity index (χ1) is 8.56. The number of hydrogen-bond acceptors (Lipinski definition) is 2. The SMILES string of the molecule is CCNC(COCC(C)C)c1cccc(F)c1F. The van der Waals surface area contributed by atoms with Crippen LogP contribution in [0.3, 0.4) is 0 Å². The van der Waals surface area contributed by atoms with Crippen LogP contribution in [0.2, 0.25) is 0 Å². The molecule has 4 heteroatoms. The molecule has 0 radical (unpaired) electrons. The van der Waals surface area contributed by atoms with Gasteiger partial charge in [0, 0.05) is 12.2 Å². The van der Waals surface area contributed by atoms with E-state index in [1.54, 1.807) is 6.07 Å². The van der Waals surface area contributed by atoms with Crippen molar-refractivity contribution in [1.29, 1.82) is 0 Å². The minimum atomic E-state index is -0.820. The van der Waals surface area contributed by atoms with Gasteiger partial charge in [0.1, 0.15) is 0 Å². The van der Waals surface area contributed by atoms with Crippen molar-refractivity contribution in [2.24, 2.45) is 5.92 Å². The third kappa shape index (κ3) is 4.35. The van der Waals surface area contributed by atoms with Gasteiger partial charge in [0.2, 0.25) is 0 Å². The molecule has 0 bridgehead atoms. The second-order valence-corrected chi connectivity index (χ2v) is 4.68. The van der Waals surface area contributed by atoms with Crippen LogP contribution in [0.5, 0.6) is 0 Å². The number of rotatable bonds is 7. The maximum atomic E-state index is 13.7. The summed E-state index contributed by atoms with van der Waals surface area (Å²) in [6.07, 6.45) is 0. The molecule has 102 valence electrons. The largest absolute Gasteiger partial charge is 0.379 e. The van der Waals surface area contributed by atoms with Crippen molar-refractivity contribution < 1.29 is 13.5 Å². The van der Waals surface area contributed by atoms with Crippen LogP contribution in [0.1, 0.15) is 32.4 Å². The highest BCUT2D eigenvalue weighted by Crippen LogP contribution is 2.19. The minimum Gasteiger partial charge on any atom is -0.379 e. The molecule has 0 amide bonds. The van der Waals surface area contributed by atoms with E-state index in [9.17, 15) is 8.78 Å². The molecule has 0 spiro atoms. The van der Waals surface area contributed by atoms with Crippen LogP contribution in [-0.4, -0.2) is 19.8 Å². The lowest BCUT2D eigenvalue weighted by atomic mass is 10.1. The van der Waals surface area contributed by atoms with Crippen LogP contribution in [0, 0.1) is 17.6 Å². The summed E-state index contributed by atoms with van der Waals surface area (Å²) < 4.78 is 32.4. The van der Waals surface area contributed by atoms with E-state index in [2.05, 4.69) is 5.32 Å². The molecule has 1 atom stereocenters. The second-order valence-electron chi connectivity index (χ2n) is 4.68. The topological polar surface area (TPSA) is 21.3 Å². The van der Waals surface area contributed by atoms with Crippen molar-refractivity contribution in [1.82, 2.24) is 5.32 Å². The number of nitrogens with one attached hydrogen (secondary N) is 1. The van der Waals surface area contributed by atoms with Gasteiger partial charge in [-0.25, -0.2) is 8.78 Å². The maximum absolute atomic E-state index is 13.7. The van der Waals surface area contributed by atoms with Crippen LogP contribution in [0.4, 0.5) is 8.78 Å². The Balaban J connectivity index is 2.74. The number of likely N-dealkylation sites (N-methyl/N-ethyl adjacent to an activating group) is 1. The van der Waals surface area contributed by atoms with E-state index in [1.807, 2.05) is 20.8 Å². The van der Waals surface area contributed by atoms with E-state index in [-0.39, 0.29) is 6.04 Å². The van der Waals surface area contributed by atoms with Gasteiger partial charge in [-0.15, -0.1) is 0 Å². The molecular formula is C14H21F2NO. The fraction of sp³-hybridized carbons (Fsp3) is 0.571. The van der Waals surface area contributed by atoms with Gasteiger partial charge in [-0.1, -0.05) is 32.9 Å². The van der Waals surface area contributed by atoms with Crippen LogP contribution < -0.4 is 5.32 Å². The van der Waals surface area contributed by atoms with Gasteiger partial charge in [-0.2, -0.15) is 0 Å². The smallest absolute Gasteiger partial charge is 0.163 e. The first-order valence-electron chi connectivity index (χ1n) is 6.31. The first-order valence-corrected chi connectivity index (χ1v) is 6.31. The summed E-state index contributed by atoms with van der Waals surface area (Å²) in [5.74, 6) is -1.19. The number of halogens is 2. The summed E-state index contributed by atoms with van der Waals surface area (Å²) in [5.41, 5.74) is 0.320. The predicted molar refractivity (Wildman–Crippen MR) is 68.4 cm³/mol. The highest BCUT2D eigenvalue weighted by Gasteiger charge is 2.17. The molecule has 0 saturated carbocycles. The molecule has 0 aliphatic heterocycles. The van der Waals surface area contributed by atoms with Crippen molar-refractivity contribution in [2.45, 2.75) is 26.8 Å².